The van der Waals surface area contributed by atoms with Crippen molar-refractivity contribution >= 4 is 11.8 Å². The van der Waals surface area contributed by atoms with Crippen LogP contribution in [0.5, 0.6) is 0 Å². The molecule has 4 heteroatoms. The van der Waals surface area contributed by atoms with Crippen LogP contribution in [0.25, 0.3) is 6.08 Å². The summed E-state index contributed by atoms with van der Waals surface area (Å²) in [4.78, 5) is 11.8. The molecule has 2 aliphatic heterocycles. The van der Waals surface area contributed by atoms with Gasteiger partial charge in [0.15, 0.2) is 0 Å². The van der Waals surface area contributed by atoms with Gasteiger partial charge in [0.1, 0.15) is 11.5 Å². The summed E-state index contributed by atoms with van der Waals surface area (Å²) in [6.07, 6.45) is 16.8. The Balaban J connectivity index is 1.63. The van der Waals surface area contributed by atoms with Crippen molar-refractivity contribution in [2.24, 2.45) is 4.99 Å². The maximum Gasteiger partial charge on any atom is 0.146 e. The van der Waals surface area contributed by atoms with Crippen molar-refractivity contribution in [2.45, 2.75) is 44.9 Å². The first-order valence-electron chi connectivity index (χ1n) is 9.89. The van der Waals surface area contributed by atoms with Gasteiger partial charge in [-0.1, -0.05) is 12.2 Å². The van der Waals surface area contributed by atoms with E-state index in [1.807, 2.05) is 6.08 Å². The number of nitrogens with zero attached hydrogens (tertiary/aromatic N) is 1. The van der Waals surface area contributed by atoms with E-state index in [2.05, 4.69) is 52.5 Å². The highest BCUT2D eigenvalue weighted by Crippen LogP contribution is 2.25. The van der Waals surface area contributed by atoms with Crippen molar-refractivity contribution in [2.75, 3.05) is 7.11 Å². The summed E-state index contributed by atoms with van der Waals surface area (Å²) < 4.78 is 5.56. The van der Waals surface area contributed by atoms with Crippen molar-refractivity contribution in [1.82, 2.24) is 9.97 Å². The van der Waals surface area contributed by atoms with E-state index in [9.17, 15) is 0 Å². The summed E-state index contributed by atoms with van der Waals surface area (Å²) in [5.74, 6) is 0.803. The van der Waals surface area contributed by atoms with Crippen LogP contribution < -0.4 is 0 Å². The molecule has 2 aromatic heterocycles. The molecular weight excluding hydrogens is 334 g/mol. The van der Waals surface area contributed by atoms with Gasteiger partial charge in [-0.25, -0.2) is 4.99 Å². The quantitative estimate of drug-likeness (QED) is 0.663. The minimum Gasteiger partial charge on any atom is -0.494 e. The van der Waals surface area contributed by atoms with E-state index in [1.165, 1.54) is 30.7 Å². The smallest absolute Gasteiger partial charge is 0.146 e. The van der Waals surface area contributed by atoms with Crippen LogP contribution in [0.3, 0.4) is 0 Å². The zero-order valence-electron chi connectivity index (χ0n) is 15.9. The summed E-state index contributed by atoms with van der Waals surface area (Å²) in [7, 11) is 1.70. The van der Waals surface area contributed by atoms with Crippen LogP contribution >= 0.6 is 0 Å². The lowest BCUT2D eigenvalue weighted by Gasteiger charge is -2.01. The molecule has 4 heterocycles. The summed E-state index contributed by atoms with van der Waals surface area (Å²) in [5.41, 5.74) is 6.44. The zero-order chi connectivity index (χ0) is 18.5. The van der Waals surface area contributed by atoms with E-state index in [4.69, 9.17) is 9.73 Å². The van der Waals surface area contributed by atoms with E-state index in [0.717, 1.165) is 54.2 Å². The number of allylic oxidation sites excluding steroid dienone is 3. The number of hydrogen-bond donors (Lipinski definition) is 2. The maximum atomic E-state index is 5.56. The molecule has 0 spiro atoms. The molecule has 0 saturated heterocycles. The van der Waals surface area contributed by atoms with E-state index >= 15 is 0 Å². The fourth-order valence-electron chi connectivity index (χ4n) is 3.62. The number of ether oxygens (including phenoxy) is 1. The van der Waals surface area contributed by atoms with Gasteiger partial charge in [-0.05, 0) is 75.3 Å². The minimum absolute atomic E-state index is 0.803. The van der Waals surface area contributed by atoms with Crippen LogP contribution in [0.2, 0.25) is 0 Å². The Morgan fingerprint density at radius 3 is 2.52 bits per heavy atom. The molecule has 0 fully saturated rings. The Labute approximate surface area is 160 Å². The van der Waals surface area contributed by atoms with E-state index in [1.54, 1.807) is 7.11 Å². The van der Waals surface area contributed by atoms with Gasteiger partial charge in [-0.15, -0.1) is 0 Å². The second-order valence-corrected chi connectivity index (χ2v) is 7.18. The van der Waals surface area contributed by atoms with Crippen molar-refractivity contribution in [3.05, 3.63) is 76.7 Å². The lowest BCUT2D eigenvalue weighted by Crippen LogP contribution is -1.95. The standard InChI is InChI=1S/C23H27N3O/c1-27-23-16-21-20-14-13-18(25-20)10-8-6-4-2-3-5-7-9-17-11-12-19(24-17)15-22(23)26-21/h2,4,11-16,24-25H,3,5-10H2,1H3/b4-2+,22-15?. The number of methoxy groups -OCH3 is 1. The number of aromatic nitrogens is 2. The number of rotatable bonds is 1. The molecule has 2 N–H and O–H groups in total. The third kappa shape index (κ3) is 4.33. The normalized spacial score (nSPS) is 19.2. The predicted molar refractivity (Wildman–Crippen MR) is 111 cm³/mol. The highest BCUT2D eigenvalue weighted by Gasteiger charge is 2.18. The van der Waals surface area contributed by atoms with Gasteiger partial charge in [0.25, 0.3) is 0 Å². The summed E-state index contributed by atoms with van der Waals surface area (Å²) in [6, 6.07) is 8.57. The maximum absolute atomic E-state index is 5.56. The second-order valence-electron chi connectivity index (χ2n) is 7.18. The van der Waals surface area contributed by atoms with Gasteiger partial charge in [0, 0.05) is 23.2 Å². The monoisotopic (exact) mass is 361 g/mol. The highest BCUT2D eigenvalue weighted by atomic mass is 16.5. The van der Waals surface area contributed by atoms with Gasteiger partial charge in [0.2, 0.25) is 0 Å². The van der Waals surface area contributed by atoms with Crippen molar-refractivity contribution < 1.29 is 4.74 Å². The molecule has 0 aliphatic carbocycles. The van der Waals surface area contributed by atoms with Gasteiger partial charge >= 0.3 is 0 Å². The number of aromatic amines is 2. The molecule has 0 atom stereocenters. The molecule has 4 rings (SSSR count). The molecule has 0 radical (unpaired) electrons. The number of fused-ring (bicyclic) bond motifs is 6. The van der Waals surface area contributed by atoms with Gasteiger partial charge in [-0.3, -0.25) is 0 Å². The second kappa shape index (κ2) is 8.30. The summed E-state index contributed by atoms with van der Waals surface area (Å²) in [6.45, 7) is 0. The number of hydrogen-bond acceptors (Lipinski definition) is 2. The SMILES string of the molecule is COC1=CC2=NC1=Cc1ccc([nH]1)CCCC/C=C/CCCc1ccc2[nH]1. The average Bonchev–Trinajstić information content (AvgIpc) is 3.39. The minimum atomic E-state index is 0.803. The number of aryl methyl sites for hydroxylation is 2. The Morgan fingerprint density at radius 1 is 0.852 bits per heavy atom. The fraction of sp³-hybridized carbons (Fsp3) is 0.348. The summed E-state index contributed by atoms with van der Waals surface area (Å²) >= 11 is 0. The highest BCUT2D eigenvalue weighted by molar-refractivity contribution is 6.11. The molecule has 6 bridgehead atoms. The first-order chi connectivity index (χ1) is 13.3. The molecule has 140 valence electrons. The molecule has 4 nitrogen and oxygen atoms in total. The molecule has 27 heavy (non-hydrogen) atoms. The lowest BCUT2D eigenvalue weighted by atomic mass is 10.1. The lowest BCUT2D eigenvalue weighted by molar-refractivity contribution is 0.303. The Hall–Kier alpha value is -2.75. The van der Waals surface area contributed by atoms with E-state index in [-0.39, 0.29) is 0 Å². The molecule has 0 unspecified atom stereocenters. The van der Waals surface area contributed by atoms with E-state index < -0.39 is 0 Å². The largest absolute Gasteiger partial charge is 0.494 e. The third-order valence-corrected chi connectivity index (χ3v) is 5.12. The Morgan fingerprint density at radius 2 is 1.63 bits per heavy atom. The van der Waals surface area contributed by atoms with Crippen LogP contribution in [-0.2, 0) is 17.6 Å². The average molecular weight is 361 g/mol. The first kappa shape index (κ1) is 17.7. The third-order valence-electron chi connectivity index (χ3n) is 5.12. The first-order valence-corrected chi connectivity index (χ1v) is 9.89. The molecule has 2 aromatic rings. The van der Waals surface area contributed by atoms with Crippen LogP contribution in [0.1, 0.15) is 54.9 Å². The number of aliphatic imine (C=N–C) groups is 1. The number of nitrogens with one attached hydrogen (secondary N) is 2. The molecule has 0 saturated carbocycles. The molecule has 0 amide bonds. The van der Waals surface area contributed by atoms with Crippen LogP contribution in [-0.4, -0.2) is 22.8 Å². The molecule has 2 aliphatic rings. The van der Waals surface area contributed by atoms with Crippen molar-refractivity contribution in [1.29, 1.82) is 0 Å². The van der Waals surface area contributed by atoms with Gasteiger partial charge < -0.3 is 14.7 Å². The summed E-state index contributed by atoms with van der Waals surface area (Å²) in [5, 5.41) is 0. The van der Waals surface area contributed by atoms with Gasteiger partial charge in [-0.2, -0.15) is 0 Å². The fourth-order valence-corrected chi connectivity index (χ4v) is 3.62. The zero-order valence-corrected chi connectivity index (χ0v) is 15.9. The molecule has 0 aromatic carbocycles. The number of H-pyrrole nitrogens is 2. The van der Waals surface area contributed by atoms with Crippen molar-refractivity contribution in [3.63, 3.8) is 0 Å². The topological polar surface area (TPSA) is 53.2 Å². The van der Waals surface area contributed by atoms with Crippen LogP contribution in [0, 0.1) is 0 Å². The van der Waals surface area contributed by atoms with Crippen molar-refractivity contribution in [3.8, 4) is 0 Å². The molecular formula is C23H27N3O. The predicted octanol–water partition coefficient (Wildman–Crippen LogP) is 5.32. The van der Waals surface area contributed by atoms with E-state index in [0.29, 0.717) is 0 Å². The van der Waals surface area contributed by atoms with Crippen LogP contribution in [0.4, 0.5) is 0 Å². The van der Waals surface area contributed by atoms with Gasteiger partial charge in [0.05, 0.1) is 18.5 Å². The van der Waals surface area contributed by atoms with Crippen LogP contribution in [0.15, 0.2) is 58.9 Å². The Bertz CT molecular complexity index is 908. The Kier molecular flexibility index (Phi) is 5.42.